The fourth-order valence-corrected chi connectivity index (χ4v) is 4.53. The fourth-order valence-electron chi connectivity index (χ4n) is 4.53. The van der Waals surface area contributed by atoms with Gasteiger partial charge in [0, 0.05) is 24.2 Å². The molecule has 36 heavy (non-hydrogen) atoms. The summed E-state index contributed by atoms with van der Waals surface area (Å²) >= 11 is 0. The topological polar surface area (TPSA) is 87.5 Å². The molecule has 2 rings (SSSR count). The van der Waals surface area contributed by atoms with Crippen molar-refractivity contribution >= 4 is 22.6 Å². The summed E-state index contributed by atoms with van der Waals surface area (Å²) in [6, 6.07) is 11.0. The first-order chi connectivity index (χ1) is 17.6. The lowest BCUT2D eigenvalue weighted by Crippen LogP contribution is -2.44. The molecular weight excluding hydrogens is 448 g/mol. The van der Waals surface area contributed by atoms with Gasteiger partial charge in [-0.05, 0) is 47.9 Å². The number of nitrogens with two attached hydrogens (primary N) is 1. The molecule has 0 aliphatic carbocycles. The van der Waals surface area contributed by atoms with Crippen LogP contribution in [0.5, 0.6) is 0 Å². The Morgan fingerprint density at radius 3 is 1.78 bits per heavy atom. The van der Waals surface area contributed by atoms with Crippen LogP contribution in [0.1, 0.15) is 124 Å². The first kappa shape index (κ1) is 29.8. The van der Waals surface area contributed by atoms with Gasteiger partial charge in [-0.2, -0.15) is 0 Å². The second-order valence-corrected chi connectivity index (χ2v) is 9.86. The number of hydrogen-bond donors (Lipinski definition) is 3. The van der Waals surface area contributed by atoms with Crippen molar-refractivity contribution in [3.8, 4) is 0 Å². The van der Waals surface area contributed by atoms with E-state index in [0.717, 1.165) is 43.1 Å². The van der Waals surface area contributed by atoms with Gasteiger partial charge in [0.2, 0.25) is 0 Å². The molecule has 2 aromatic carbocycles. The number of benzene rings is 2. The van der Waals surface area contributed by atoms with E-state index in [1.165, 1.54) is 70.6 Å². The van der Waals surface area contributed by atoms with Gasteiger partial charge in [0.05, 0.1) is 0 Å². The molecule has 6 heteroatoms. The smallest absolute Gasteiger partial charge is 0.267 e. The van der Waals surface area contributed by atoms with Gasteiger partial charge >= 0.3 is 0 Å². The molecule has 0 aromatic heterocycles. The number of amides is 2. The van der Waals surface area contributed by atoms with Crippen LogP contribution in [0.25, 0.3) is 10.8 Å². The van der Waals surface area contributed by atoms with Crippen LogP contribution < -0.4 is 16.7 Å². The van der Waals surface area contributed by atoms with E-state index < -0.39 is 0 Å². The molecule has 0 saturated heterocycles. The van der Waals surface area contributed by atoms with Gasteiger partial charge in [-0.15, -0.1) is 0 Å². The summed E-state index contributed by atoms with van der Waals surface area (Å²) in [6.07, 6.45) is 17.3. The van der Waals surface area contributed by atoms with Gasteiger partial charge in [0.25, 0.3) is 11.8 Å². The summed E-state index contributed by atoms with van der Waals surface area (Å²) in [7, 11) is 0. The number of hydrogen-bond acceptors (Lipinski definition) is 4. The van der Waals surface area contributed by atoms with E-state index in [1.54, 1.807) is 12.1 Å². The third-order valence-corrected chi connectivity index (χ3v) is 6.79. The highest BCUT2D eigenvalue weighted by Gasteiger charge is 2.16. The van der Waals surface area contributed by atoms with Crippen molar-refractivity contribution < 1.29 is 9.59 Å². The van der Waals surface area contributed by atoms with Crippen molar-refractivity contribution in [1.29, 1.82) is 0 Å². The van der Waals surface area contributed by atoms with Gasteiger partial charge in [0.15, 0.2) is 0 Å². The summed E-state index contributed by atoms with van der Waals surface area (Å²) in [6.45, 7) is 6.02. The molecule has 0 bridgehead atoms. The molecule has 2 amide bonds. The molecule has 0 unspecified atom stereocenters. The molecule has 0 heterocycles. The zero-order valence-corrected chi connectivity index (χ0v) is 22.6. The van der Waals surface area contributed by atoms with Crippen molar-refractivity contribution in [3.05, 3.63) is 47.5 Å². The molecule has 0 radical (unpaired) electrons. The van der Waals surface area contributed by atoms with Crippen LogP contribution in [0, 0.1) is 0 Å². The predicted octanol–water partition coefficient (Wildman–Crippen LogP) is 6.89. The number of fused-ring (bicyclic) bond motifs is 1. The fraction of sp³-hybridized carbons (Fsp3) is 0.600. The van der Waals surface area contributed by atoms with Gasteiger partial charge in [-0.25, -0.2) is 11.3 Å². The van der Waals surface area contributed by atoms with Crippen molar-refractivity contribution in [1.82, 2.24) is 15.9 Å². The summed E-state index contributed by atoms with van der Waals surface area (Å²) in [5.41, 5.74) is 6.75. The number of carbonyl (C=O) groups excluding carboxylic acids is 2. The van der Waals surface area contributed by atoms with E-state index in [2.05, 4.69) is 24.7 Å². The molecule has 0 spiro atoms. The minimum absolute atomic E-state index is 0.00889. The highest BCUT2D eigenvalue weighted by molar-refractivity contribution is 6.01. The van der Waals surface area contributed by atoms with E-state index in [1.807, 2.05) is 29.3 Å². The largest absolute Gasteiger partial charge is 0.290 e. The maximum Gasteiger partial charge on any atom is 0.267 e. The number of nitrogens with one attached hydrogen (secondary N) is 2. The Hall–Kier alpha value is -2.44. The van der Waals surface area contributed by atoms with Gasteiger partial charge in [-0.3, -0.25) is 20.0 Å². The lowest BCUT2D eigenvalue weighted by molar-refractivity contribution is 0.0652. The number of hydrazine groups is 2. The molecule has 0 atom stereocenters. The van der Waals surface area contributed by atoms with Crippen LogP contribution in [0.15, 0.2) is 36.4 Å². The highest BCUT2D eigenvalue weighted by atomic mass is 16.2. The van der Waals surface area contributed by atoms with Gasteiger partial charge in [-0.1, -0.05) is 103 Å². The molecule has 0 saturated carbocycles. The van der Waals surface area contributed by atoms with E-state index in [-0.39, 0.29) is 11.8 Å². The zero-order valence-electron chi connectivity index (χ0n) is 22.6. The monoisotopic (exact) mass is 496 g/mol. The first-order valence-corrected chi connectivity index (χ1v) is 14.2. The minimum Gasteiger partial charge on any atom is -0.290 e. The number of carbonyl (C=O) groups is 2. The maximum atomic E-state index is 13.4. The Kier molecular flexibility index (Phi) is 14.8. The van der Waals surface area contributed by atoms with Crippen LogP contribution >= 0.6 is 0 Å². The second kappa shape index (κ2) is 17.9. The summed E-state index contributed by atoms with van der Waals surface area (Å²) < 4.78 is 0. The Balaban J connectivity index is 1.96. The quantitative estimate of drug-likeness (QED) is 0.0855. The third-order valence-electron chi connectivity index (χ3n) is 6.79. The van der Waals surface area contributed by atoms with Gasteiger partial charge in [0.1, 0.15) is 0 Å². The summed E-state index contributed by atoms with van der Waals surface area (Å²) in [4.78, 5) is 25.3. The first-order valence-electron chi connectivity index (χ1n) is 14.2. The van der Waals surface area contributed by atoms with Crippen molar-refractivity contribution in [2.45, 2.75) is 104 Å². The van der Waals surface area contributed by atoms with Crippen LogP contribution in [0.3, 0.4) is 0 Å². The van der Waals surface area contributed by atoms with E-state index in [4.69, 9.17) is 5.84 Å². The molecule has 0 aliphatic heterocycles. The molecule has 0 fully saturated rings. The Morgan fingerprint density at radius 1 is 0.694 bits per heavy atom. The molecule has 6 nitrogen and oxygen atoms in total. The number of rotatable bonds is 19. The average molecular weight is 497 g/mol. The number of nitrogen functional groups attached to an aromatic ring is 1. The third kappa shape index (κ3) is 10.7. The lowest BCUT2D eigenvalue weighted by Gasteiger charge is -2.24. The Morgan fingerprint density at radius 2 is 1.19 bits per heavy atom. The van der Waals surface area contributed by atoms with Crippen LogP contribution in [0.4, 0.5) is 0 Å². The summed E-state index contributed by atoms with van der Waals surface area (Å²) in [5, 5.41) is 3.65. The van der Waals surface area contributed by atoms with E-state index in [0.29, 0.717) is 11.1 Å². The predicted molar refractivity (Wildman–Crippen MR) is 151 cm³/mol. The Bertz CT molecular complexity index is 915. The lowest BCUT2D eigenvalue weighted by atomic mass is 10.0. The molecule has 4 N–H and O–H groups in total. The summed E-state index contributed by atoms with van der Waals surface area (Å²) in [5.74, 6) is 4.94. The standard InChI is InChI=1S/C30H48N4O2/c1-3-5-7-9-11-13-15-21-32-34(22-16-14-12-10-8-6-4-2)30(36)28-20-18-25-23-27(29(35)33-31)19-17-26(25)24-28/h17-20,23-24,32H,3-16,21-22,31H2,1-2H3,(H,33,35). The normalized spacial score (nSPS) is 11.1. The van der Waals surface area contributed by atoms with Crippen molar-refractivity contribution in [3.63, 3.8) is 0 Å². The molecular formula is C30H48N4O2. The van der Waals surface area contributed by atoms with Crippen LogP contribution in [0.2, 0.25) is 0 Å². The van der Waals surface area contributed by atoms with Crippen LogP contribution in [-0.4, -0.2) is 29.9 Å². The average Bonchev–Trinajstić information content (AvgIpc) is 2.91. The van der Waals surface area contributed by atoms with Crippen molar-refractivity contribution in [2.75, 3.05) is 13.1 Å². The second-order valence-electron chi connectivity index (χ2n) is 9.86. The molecule has 2 aromatic rings. The van der Waals surface area contributed by atoms with E-state index >= 15 is 0 Å². The highest BCUT2D eigenvalue weighted by Crippen LogP contribution is 2.19. The molecule has 200 valence electrons. The molecule has 0 aliphatic rings. The van der Waals surface area contributed by atoms with Crippen LogP contribution in [-0.2, 0) is 0 Å². The SMILES string of the molecule is CCCCCCCCCNN(CCCCCCCCC)C(=O)c1ccc2cc(C(=O)NN)ccc2c1. The maximum absolute atomic E-state index is 13.4. The minimum atomic E-state index is -0.326. The zero-order chi connectivity index (χ0) is 26.0. The van der Waals surface area contributed by atoms with Crippen molar-refractivity contribution in [2.24, 2.45) is 5.84 Å². The number of nitrogens with zero attached hydrogens (tertiary/aromatic N) is 1. The Labute approximate surface area is 218 Å². The van der Waals surface area contributed by atoms with E-state index in [9.17, 15) is 9.59 Å². The van der Waals surface area contributed by atoms with Gasteiger partial charge < -0.3 is 0 Å². The number of unbranched alkanes of at least 4 members (excludes halogenated alkanes) is 12.